The molecule has 0 saturated heterocycles. The molecule has 0 unspecified atom stereocenters. The Bertz CT molecular complexity index is 3780. The van der Waals surface area contributed by atoms with Crippen LogP contribution in [0.4, 0.5) is 0 Å². The Morgan fingerprint density at radius 2 is 0.523 bits per heavy atom. The van der Waals surface area contributed by atoms with Gasteiger partial charge in [0.25, 0.3) is 0 Å². The second-order valence-corrected chi connectivity index (χ2v) is 29.6. The second-order valence-electron chi connectivity index (χ2n) is 26.2. The van der Waals surface area contributed by atoms with Crippen molar-refractivity contribution < 1.29 is 67.7 Å². The molecule has 10 amide bonds. The number of benzene rings is 4. The van der Waals surface area contributed by atoms with Gasteiger partial charge in [-0.25, -0.2) is 0 Å². The third-order valence-electron chi connectivity index (χ3n) is 17.7. The Kier molecular flexibility index (Phi) is 45.1. The molecular weight excluding hydrogens is 1610 g/mol. The Labute approximate surface area is 687 Å². The van der Waals surface area contributed by atoms with Gasteiger partial charge in [0.1, 0.15) is 0 Å². The Morgan fingerprint density at radius 1 is 0.297 bits per heavy atom. The number of carbonyl (C=O) groups is 12. The number of rotatable bonds is 54. The number of carbonyl (C=O) groups excluding carboxylic acids is 10. The number of unbranched alkanes of at least 4 members (excludes halogenated alkanes) is 4. The number of hydrogen-bond acceptors (Lipinski definition) is 17. The van der Waals surface area contributed by atoms with Crippen molar-refractivity contribution in [3.63, 3.8) is 0 Å². The quantitative estimate of drug-likeness (QED) is 0.0249. The topological polar surface area (TPSA) is 417 Å². The van der Waals surface area contributed by atoms with Crippen LogP contribution in [-0.2, 0) is 83.2 Å². The van der Waals surface area contributed by atoms with Gasteiger partial charge in [-0.15, -0.1) is 0 Å². The number of aliphatic carboxylic acids is 2. The normalized spacial score (nSPS) is 11.0. The van der Waals surface area contributed by atoms with Crippen LogP contribution in [0.2, 0.25) is 40.2 Å². The highest BCUT2D eigenvalue weighted by Gasteiger charge is 2.33. The molecule has 0 saturated carbocycles. The lowest BCUT2D eigenvalue weighted by Crippen LogP contribution is -2.53. The van der Waals surface area contributed by atoms with E-state index in [1.165, 1.54) is 41.5 Å². The minimum Gasteiger partial charge on any atom is -0.481 e. The Balaban J connectivity index is 1.73. The Morgan fingerprint density at radius 3 is 0.757 bits per heavy atom. The van der Waals surface area contributed by atoms with Crippen LogP contribution in [0.1, 0.15) is 86.5 Å². The van der Waals surface area contributed by atoms with E-state index in [1.54, 1.807) is 60.7 Å². The lowest BCUT2D eigenvalue weighted by molar-refractivity contribution is -0.149. The highest BCUT2D eigenvalue weighted by Crippen LogP contribution is 2.26. The molecule has 0 fully saturated rings. The molecule has 29 nitrogen and oxygen atoms in total. The highest BCUT2D eigenvalue weighted by molar-refractivity contribution is 6.36. The molecule has 0 spiro atoms. The summed E-state index contributed by atoms with van der Waals surface area (Å²) in [5.41, 5.74) is 31.5. The number of carboxylic acids is 2. The molecule has 4 aromatic rings. The van der Waals surface area contributed by atoms with Crippen LogP contribution in [0, 0.1) is 0 Å². The molecule has 0 aliphatic rings. The average molecular weight is 1710 g/mol. The molecule has 4 rings (SSSR count). The minimum atomic E-state index is -1.34. The summed E-state index contributed by atoms with van der Waals surface area (Å²) in [5, 5.41) is 24.9. The van der Waals surface area contributed by atoms with Crippen LogP contribution in [0.15, 0.2) is 72.8 Å². The zero-order valence-electron chi connectivity index (χ0n) is 62.0. The summed E-state index contributed by atoms with van der Waals surface area (Å²) in [6, 6.07) is 19.6. The maximum absolute atomic E-state index is 15.4. The predicted molar refractivity (Wildman–Crippen MR) is 430 cm³/mol. The number of carboxylic acid groups (broad SMARTS) is 2. The number of hydrogen-bond donors (Lipinski definition) is 8. The second kappa shape index (κ2) is 52.1. The third-order valence-corrected chi connectivity index (χ3v) is 20.1. The predicted octanol–water partition coefficient (Wildman–Crippen LogP) is 5.62. The van der Waals surface area contributed by atoms with Crippen LogP contribution in [-0.4, -0.2) is 282 Å². The summed E-state index contributed by atoms with van der Waals surface area (Å²) < 4.78 is 0. The number of nitrogens with zero attached hydrogens (tertiary/aromatic N) is 9. The van der Waals surface area contributed by atoms with Crippen LogP contribution >= 0.6 is 92.8 Å². The third kappa shape index (κ3) is 36.6. The van der Waals surface area contributed by atoms with E-state index in [-0.39, 0.29) is 134 Å². The summed E-state index contributed by atoms with van der Waals surface area (Å²) in [6.45, 7) is -6.72. The molecule has 4 aromatic carbocycles. The molecule has 37 heteroatoms. The molecule has 0 bridgehead atoms. The van der Waals surface area contributed by atoms with Gasteiger partial charge in [0.2, 0.25) is 59.1 Å². The number of amides is 10. The van der Waals surface area contributed by atoms with E-state index in [9.17, 15) is 48.6 Å². The van der Waals surface area contributed by atoms with Gasteiger partial charge in [-0.3, -0.25) is 57.5 Å². The van der Waals surface area contributed by atoms with E-state index in [4.69, 9.17) is 121 Å². The molecular formula is C74H101Cl8N15O14. The van der Waals surface area contributed by atoms with Gasteiger partial charge in [-0.1, -0.05) is 117 Å². The number of nitrogens with two attached hydrogens (primary N) is 5. The van der Waals surface area contributed by atoms with Crippen molar-refractivity contribution in [1.82, 2.24) is 49.4 Å². The van der Waals surface area contributed by atoms with Crippen molar-refractivity contribution in [3.8, 4) is 0 Å². The summed E-state index contributed by atoms with van der Waals surface area (Å²) >= 11 is 51.4. The zero-order chi connectivity index (χ0) is 82.1. The lowest BCUT2D eigenvalue weighted by Gasteiger charge is -2.33. The molecule has 0 heterocycles. The Hall–Kier alpha value is -7.36. The first-order chi connectivity index (χ1) is 52.9. The maximum atomic E-state index is 15.4. The van der Waals surface area contributed by atoms with Gasteiger partial charge in [0.05, 0.1) is 78.3 Å². The van der Waals surface area contributed by atoms with Gasteiger partial charge in [0, 0.05) is 99.1 Å². The smallest absolute Gasteiger partial charge is 0.305 e. The molecule has 0 radical (unpaired) electrons. The fourth-order valence-corrected chi connectivity index (χ4v) is 13.4. The largest absolute Gasteiger partial charge is 0.481 e. The molecule has 13 N–H and O–H groups in total. The lowest BCUT2D eigenvalue weighted by atomic mass is 10.1. The van der Waals surface area contributed by atoms with Crippen LogP contribution < -0.4 is 34.0 Å². The standard InChI is InChI=1S/C74H101Cl8N15O14/c75-55-13-9-51(59(79)37-55)17-27-88-41-64(99)94(32-18-52-10-14-56(76)38-60(52)80)47-71(106)96(34-20-54-12-16-58(78)40-62(54)82)50-72(107)95(33-19-53-11-15-57(77)39-61(53)81)48-68(103)91(30-7-3-25-85)45-66(101)89(28-5-1-23-83)43-65(100)90(29-6-2-24-84)44-67(102)92(31-8-4-26-86)46-70(105)97(36-22-74(110)111)49-69(104)93(42-63(87)98)35-21-73(108)109/h9-16,37-40,88H,1-8,17-36,41-50,83-86H2,(H2,87,98)(H,108,109)(H,110,111). The first-order valence-electron chi connectivity index (χ1n) is 36.4. The van der Waals surface area contributed by atoms with E-state index >= 15 is 19.2 Å². The molecule has 111 heavy (non-hydrogen) atoms. The van der Waals surface area contributed by atoms with Gasteiger partial charge < -0.3 is 88.3 Å². The maximum Gasteiger partial charge on any atom is 0.305 e. The zero-order valence-corrected chi connectivity index (χ0v) is 68.1. The van der Waals surface area contributed by atoms with E-state index in [0.717, 1.165) is 20.3 Å². The number of nitrogens with one attached hydrogen (secondary N) is 1. The van der Waals surface area contributed by atoms with E-state index in [1.807, 2.05) is 0 Å². The minimum absolute atomic E-state index is 0.0115. The van der Waals surface area contributed by atoms with Crippen molar-refractivity contribution in [1.29, 1.82) is 0 Å². The van der Waals surface area contributed by atoms with Crippen molar-refractivity contribution in [3.05, 3.63) is 135 Å². The summed E-state index contributed by atoms with van der Waals surface area (Å²) in [7, 11) is 0. The van der Waals surface area contributed by atoms with Gasteiger partial charge in [-0.05, 0) is 181 Å². The monoisotopic (exact) mass is 1700 g/mol. The van der Waals surface area contributed by atoms with Crippen LogP contribution in [0.25, 0.3) is 0 Å². The molecule has 0 atom stereocenters. The fraction of sp³-hybridized carbons (Fsp3) is 0.514. The first kappa shape index (κ1) is 96.0. The van der Waals surface area contributed by atoms with Gasteiger partial charge in [-0.2, -0.15) is 0 Å². The first-order valence-corrected chi connectivity index (χ1v) is 39.4. The van der Waals surface area contributed by atoms with Crippen molar-refractivity contribution in [2.24, 2.45) is 28.7 Å². The summed E-state index contributed by atoms with van der Waals surface area (Å²) in [4.78, 5) is 178. The van der Waals surface area contributed by atoms with Crippen LogP contribution in [0.5, 0.6) is 0 Å². The van der Waals surface area contributed by atoms with Crippen molar-refractivity contribution in [2.75, 3.05) is 157 Å². The molecule has 0 aliphatic heterocycles. The van der Waals surface area contributed by atoms with Crippen molar-refractivity contribution in [2.45, 2.75) is 89.9 Å². The molecule has 0 aliphatic carbocycles. The molecule has 0 aromatic heterocycles. The van der Waals surface area contributed by atoms with E-state index in [0.29, 0.717) is 85.5 Å². The van der Waals surface area contributed by atoms with Crippen LogP contribution in [0.3, 0.4) is 0 Å². The highest BCUT2D eigenvalue weighted by atomic mass is 35.5. The fourth-order valence-electron chi connectivity index (χ4n) is 11.4. The summed E-state index contributed by atoms with van der Waals surface area (Å²) in [6.07, 6.45) is 2.21. The van der Waals surface area contributed by atoms with Crippen molar-refractivity contribution >= 4 is 164 Å². The van der Waals surface area contributed by atoms with E-state index in [2.05, 4.69) is 5.32 Å². The van der Waals surface area contributed by atoms with E-state index < -0.39 is 156 Å². The number of primary amides is 1. The SMILES string of the molecule is NCCCCN(CC(=O)N(CCC(=O)O)CC(=O)N(CCC(=O)O)CC(N)=O)C(=O)CN(CCCCN)C(=O)CN(CCCCN)C(=O)CN(CCCCN)C(=O)CN(CCc1ccc(Cl)cc1Cl)C(=O)CN(CCc1ccc(Cl)cc1Cl)C(=O)CN(CCc1ccc(Cl)cc1Cl)C(=O)CNCCc1ccc(Cl)cc1Cl. The molecule has 612 valence electrons. The summed E-state index contributed by atoms with van der Waals surface area (Å²) in [5.74, 6) is -10.2. The van der Waals surface area contributed by atoms with Gasteiger partial charge in [0.15, 0.2) is 0 Å². The van der Waals surface area contributed by atoms with Gasteiger partial charge >= 0.3 is 11.9 Å². The average Bonchev–Trinajstić information content (AvgIpc) is 0.846. The number of halogens is 8.